The van der Waals surface area contributed by atoms with Gasteiger partial charge in [0.25, 0.3) is 0 Å². The third-order valence-electron chi connectivity index (χ3n) is 12.0. The summed E-state index contributed by atoms with van der Waals surface area (Å²) in [5.41, 5.74) is 16.3. The predicted molar refractivity (Wildman–Crippen MR) is 268 cm³/mol. The Morgan fingerprint density at radius 3 is 0.774 bits per heavy atom. The molecule has 5 aromatic rings. The van der Waals surface area contributed by atoms with Gasteiger partial charge in [-0.05, 0) is 158 Å². The third kappa shape index (κ3) is 15.4. The zero-order chi connectivity index (χ0) is 43.8. The highest BCUT2D eigenvalue weighted by atomic mass is 14.1. The van der Waals surface area contributed by atoms with E-state index in [-0.39, 0.29) is 0 Å². The van der Waals surface area contributed by atoms with Crippen molar-refractivity contribution in [1.29, 1.82) is 0 Å². The largest absolute Gasteiger partial charge is 0.0654 e. The fourth-order valence-corrected chi connectivity index (χ4v) is 7.94. The Labute approximate surface area is 377 Å². The van der Waals surface area contributed by atoms with Crippen molar-refractivity contribution in [3.8, 4) is 47.4 Å². The maximum atomic E-state index is 3.50. The van der Waals surface area contributed by atoms with Crippen molar-refractivity contribution in [1.82, 2.24) is 0 Å². The number of aryl methyl sites for hydroxylation is 6. The highest BCUT2D eigenvalue weighted by molar-refractivity contribution is 5.58. The van der Waals surface area contributed by atoms with Crippen LogP contribution < -0.4 is 0 Å². The molecule has 62 heavy (non-hydrogen) atoms. The van der Waals surface area contributed by atoms with Crippen LogP contribution in [0.1, 0.15) is 196 Å². The van der Waals surface area contributed by atoms with E-state index < -0.39 is 0 Å². The van der Waals surface area contributed by atoms with Crippen molar-refractivity contribution in [2.24, 2.45) is 0 Å². The molecule has 5 aromatic carbocycles. The molecule has 0 radical (unpaired) electrons. The molecule has 0 heterocycles. The Balaban J connectivity index is 1.22. The molecule has 0 bridgehead atoms. The lowest BCUT2D eigenvalue weighted by molar-refractivity contribution is 0.607. The summed E-state index contributed by atoms with van der Waals surface area (Å²) < 4.78 is 0. The average molecular weight is 815 g/mol. The van der Waals surface area contributed by atoms with E-state index in [1.165, 1.54) is 110 Å². The van der Waals surface area contributed by atoms with Crippen molar-refractivity contribution in [3.63, 3.8) is 0 Å². The van der Waals surface area contributed by atoms with Crippen LogP contribution in [0.4, 0.5) is 0 Å². The van der Waals surface area contributed by atoms with Crippen LogP contribution in [0.5, 0.6) is 0 Å². The molecule has 0 fully saturated rings. The molecule has 0 saturated heterocycles. The first-order chi connectivity index (χ1) is 30.5. The third-order valence-corrected chi connectivity index (χ3v) is 12.0. The second-order valence-electron chi connectivity index (χ2n) is 16.8. The number of hydrogen-bond donors (Lipinski definition) is 0. The second kappa shape index (κ2) is 26.6. The molecule has 0 heteroatoms. The van der Waals surface area contributed by atoms with Gasteiger partial charge in [-0.1, -0.05) is 177 Å². The molecule has 0 saturated carbocycles. The molecule has 0 aliphatic carbocycles. The molecule has 0 aliphatic rings. The molecular weight excluding hydrogens is 745 g/mol. The van der Waals surface area contributed by atoms with Gasteiger partial charge in [0.1, 0.15) is 0 Å². The zero-order valence-electron chi connectivity index (χ0n) is 39.0. The molecule has 0 spiro atoms. The molecule has 0 N–H and O–H groups in total. The molecule has 0 aromatic heterocycles. The van der Waals surface area contributed by atoms with Crippen LogP contribution in [0.3, 0.4) is 0 Å². The summed E-state index contributed by atoms with van der Waals surface area (Å²) >= 11 is 0. The smallest absolute Gasteiger partial charge is 0.0284 e. The first kappa shape index (κ1) is 47.4. The van der Waals surface area contributed by atoms with Crippen LogP contribution in [0, 0.1) is 47.4 Å². The van der Waals surface area contributed by atoms with Crippen molar-refractivity contribution in [3.05, 3.63) is 175 Å². The van der Waals surface area contributed by atoms with E-state index >= 15 is 0 Å². The highest BCUT2D eigenvalue weighted by Gasteiger charge is 2.08. The minimum absolute atomic E-state index is 0.907. The number of hydrogen-bond acceptors (Lipinski definition) is 0. The summed E-state index contributed by atoms with van der Waals surface area (Å²) in [7, 11) is 0. The molecular formula is C62H70. The van der Waals surface area contributed by atoms with Crippen molar-refractivity contribution >= 4 is 0 Å². The fraction of sp³-hybridized carbons (Fsp3) is 0.387. The van der Waals surface area contributed by atoms with Crippen molar-refractivity contribution in [2.45, 2.75) is 157 Å². The van der Waals surface area contributed by atoms with E-state index in [0.29, 0.717) is 0 Å². The monoisotopic (exact) mass is 815 g/mol. The molecule has 0 nitrogen and oxygen atoms in total. The first-order valence-electron chi connectivity index (χ1n) is 24.1. The van der Waals surface area contributed by atoms with Crippen LogP contribution in [-0.2, 0) is 38.5 Å². The summed E-state index contributed by atoms with van der Waals surface area (Å²) in [6.45, 7) is 13.3. The lowest BCUT2D eigenvalue weighted by atomic mass is 9.95. The van der Waals surface area contributed by atoms with Gasteiger partial charge in [-0.3, -0.25) is 0 Å². The van der Waals surface area contributed by atoms with Gasteiger partial charge in [-0.15, -0.1) is 0 Å². The van der Waals surface area contributed by atoms with Gasteiger partial charge in [0, 0.05) is 44.5 Å². The maximum absolute atomic E-state index is 3.50. The van der Waals surface area contributed by atoms with Crippen LogP contribution in [0.2, 0.25) is 0 Å². The van der Waals surface area contributed by atoms with E-state index in [2.05, 4.69) is 186 Å². The molecule has 0 atom stereocenters. The molecule has 0 unspecified atom stereocenters. The molecule has 0 amide bonds. The number of unbranched alkanes of at least 4 members (excludes halogenated alkanes) is 10. The van der Waals surface area contributed by atoms with Gasteiger partial charge in [0.15, 0.2) is 0 Å². The Bertz CT molecular complexity index is 2230. The van der Waals surface area contributed by atoms with Crippen LogP contribution in [0.15, 0.2) is 97.1 Å². The quantitative estimate of drug-likeness (QED) is 0.0611. The van der Waals surface area contributed by atoms with E-state index in [9.17, 15) is 0 Å². The maximum Gasteiger partial charge on any atom is 0.0284 e. The van der Waals surface area contributed by atoms with E-state index in [4.69, 9.17) is 0 Å². The highest BCUT2D eigenvalue weighted by Crippen LogP contribution is 2.21. The Hall–Kier alpha value is -5.66. The summed E-state index contributed by atoms with van der Waals surface area (Å²) in [6, 6.07) is 35.1. The van der Waals surface area contributed by atoms with Gasteiger partial charge < -0.3 is 0 Å². The molecule has 5 rings (SSSR count). The van der Waals surface area contributed by atoms with Crippen molar-refractivity contribution in [2.75, 3.05) is 0 Å². The molecule has 0 aliphatic heterocycles. The fourth-order valence-electron chi connectivity index (χ4n) is 7.94. The Kier molecular flexibility index (Phi) is 20.4. The van der Waals surface area contributed by atoms with Gasteiger partial charge in [0.2, 0.25) is 0 Å². The Morgan fingerprint density at radius 2 is 0.516 bits per heavy atom. The zero-order valence-corrected chi connectivity index (χ0v) is 39.0. The normalized spacial score (nSPS) is 10.4. The number of benzene rings is 5. The average Bonchev–Trinajstić information content (AvgIpc) is 3.31. The SMILES string of the molecule is CCCCCCCCc1ccc(C#Cc2cc(CC)c(C#Cc3ccc(C#Cc4cc(CC)c(C#Cc5ccc(CCCCCCCC)cc5)cc4CC)cc3)cc2CC)cc1. The van der Waals surface area contributed by atoms with Gasteiger partial charge in [-0.25, -0.2) is 0 Å². The van der Waals surface area contributed by atoms with E-state index in [1.807, 2.05) is 0 Å². The van der Waals surface area contributed by atoms with Gasteiger partial charge in [-0.2, -0.15) is 0 Å². The summed E-state index contributed by atoms with van der Waals surface area (Å²) in [6.07, 6.45) is 21.9. The summed E-state index contributed by atoms with van der Waals surface area (Å²) in [5.74, 6) is 27.7. The standard InChI is InChI=1S/C62H70/c1-7-13-15-17-19-21-23-49-25-29-51(30-26-49)37-41-59-45-57(11-5)61(47-55(59)9-3)43-39-53-33-35-54(36-34-53)40-44-62-48-56(10-4)60(46-58(62)12-6)42-38-52-31-27-50(28-32-52)24-22-20-18-16-14-8-2/h25-36,45-48H,7-24H2,1-6H3. The minimum Gasteiger partial charge on any atom is -0.0654 e. The Morgan fingerprint density at radius 1 is 0.274 bits per heavy atom. The first-order valence-corrected chi connectivity index (χ1v) is 24.1. The van der Waals surface area contributed by atoms with Crippen molar-refractivity contribution < 1.29 is 0 Å². The van der Waals surface area contributed by atoms with Crippen LogP contribution in [-0.4, -0.2) is 0 Å². The van der Waals surface area contributed by atoms with Crippen LogP contribution in [0.25, 0.3) is 0 Å². The lowest BCUT2D eigenvalue weighted by Gasteiger charge is -2.08. The second-order valence-corrected chi connectivity index (χ2v) is 16.8. The minimum atomic E-state index is 0.907. The molecule has 318 valence electrons. The lowest BCUT2D eigenvalue weighted by Crippen LogP contribution is -1.96. The van der Waals surface area contributed by atoms with E-state index in [0.717, 1.165) is 83.0 Å². The number of rotatable bonds is 18. The van der Waals surface area contributed by atoms with Crippen LogP contribution >= 0.6 is 0 Å². The summed E-state index contributed by atoms with van der Waals surface area (Å²) in [4.78, 5) is 0. The summed E-state index contributed by atoms with van der Waals surface area (Å²) in [5, 5.41) is 0. The van der Waals surface area contributed by atoms with Gasteiger partial charge in [0.05, 0.1) is 0 Å². The van der Waals surface area contributed by atoms with Gasteiger partial charge >= 0.3 is 0 Å². The van der Waals surface area contributed by atoms with E-state index in [1.54, 1.807) is 0 Å². The topological polar surface area (TPSA) is 0 Å². The predicted octanol–water partition coefficient (Wildman–Crippen LogP) is 15.3.